The van der Waals surface area contributed by atoms with E-state index in [1.54, 1.807) is 17.2 Å². The maximum atomic E-state index is 12.9. The fourth-order valence-corrected chi connectivity index (χ4v) is 2.88. The summed E-state index contributed by atoms with van der Waals surface area (Å²) in [7, 11) is 0. The normalized spacial score (nSPS) is 15.3. The van der Waals surface area contributed by atoms with Crippen molar-refractivity contribution >= 4 is 22.9 Å². The third kappa shape index (κ3) is 3.68. The molecule has 24 heavy (non-hydrogen) atoms. The van der Waals surface area contributed by atoms with E-state index in [9.17, 15) is 9.59 Å². The van der Waals surface area contributed by atoms with E-state index >= 15 is 0 Å². The summed E-state index contributed by atoms with van der Waals surface area (Å²) in [4.78, 5) is 34.0. The number of pyridine rings is 2. The summed E-state index contributed by atoms with van der Waals surface area (Å²) in [6.07, 6.45) is 2.95. The molecule has 2 aromatic rings. The number of carboxylic acid groups (broad SMARTS) is 1. The molecule has 0 saturated carbocycles. The van der Waals surface area contributed by atoms with Gasteiger partial charge >= 0.3 is 5.97 Å². The van der Waals surface area contributed by atoms with Crippen molar-refractivity contribution in [3.8, 4) is 0 Å². The zero-order valence-electron chi connectivity index (χ0n) is 13.2. The van der Waals surface area contributed by atoms with Crippen molar-refractivity contribution in [2.45, 2.75) is 25.3 Å². The van der Waals surface area contributed by atoms with Gasteiger partial charge < -0.3 is 14.7 Å². The van der Waals surface area contributed by atoms with Crippen LogP contribution in [0.4, 0.5) is 0 Å². The third-order valence-corrected chi connectivity index (χ3v) is 4.14. The molecule has 1 aliphatic heterocycles. The lowest BCUT2D eigenvalue weighted by Gasteiger charge is -2.33. The smallest absolute Gasteiger partial charge is 0.305 e. The Labute approximate surface area is 139 Å². The molecule has 2 aromatic heterocycles. The summed E-state index contributed by atoms with van der Waals surface area (Å²) in [5, 5.41) is 9.82. The molecule has 126 valence electrons. The molecule has 0 bridgehead atoms. The topological polar surface area (TPSA) is 92.6 Å². The van der Waals surface area contributed by atoms with E-state index in [1.165, 1.54) is 0 Å². The van der Waals surface area contributed by atoms with Crippen molar-refractivity contribution in [2.75, 3.05) is 19.8 Å². The highest BCUT2D eigenvalue weighted by atomic mass is 16.5. The van der Waals surface area contributed by atoms with Crippen molar-refractivity contribution < 1.29 is 19.4 Å². The van der Waals surface area contributed by atoms with E-state index in [-0.39, 0.29) is 30.6 Å². The van der Waals surface area contributed by atoms with Gasteiger partial charge in [-0.05, 0) is 37.1 Å². The largest absolute Gasteiger partial charge is 0.481 e. The van der Waals surface area contributed by atoms with Gasteiger partial charge in [0, 0.05) is 37.4 Å². The van der Waals surface area contributed by atoms with Crippen molar-refractivity contribution in [1.29, 1.82) is 0 Å². The van der Waals surface area contributed by atoms with Crippen molar-refractivity contribution in [3.63, 3.8) is 0 Å². The quantitative estimate of drug-likeness (QED) is 0.898. The number of aliphatic carboxylic acids is 1. The third-order valence-electron chi connectivity index (χ3n) is 4.14. The average molecular weight is 329 g/mol. The molecule has 0 radical (unpaired) electrons. The Hall–Kier alpha value is -2.54. The lowest BCUT2D eigenvalue weighted by molar-refractivity contribution is -0.137. The fraction of sp³-hybridized carbons (Fsp3) is 0.412. The summed E-state index contributed by atoms with van der Waals surface area (Å²) in [5.74, 6) is -1.18. The second-order valence-electron chi connectivity index (χ2n) is 5.73. The van der Waals surface area contributed by atoms with E-state index in [0.717, 1.165) is 5.39 Å². The molecule has 3 rings (SSSR count). The molecule has 1 amide bonds. The van der Waals surface area contributed by atoms with Gasteiger partial charge in [-0.15, -0.1) is 0 Å². The van der Waals surface area contributed by atoms with Crippen molar-refractivity contribution in [2.24, 2.45) is 0 Å². The zero-order chi connectivity index (χ0) is 16.9. The second kappa shape index (κ2) is 7.35. The summed E-state index contributed by atoms with van der Waals surface area (Å²) in [5.41, 5.74) is 0.798. The van der Waals surface area contributed by atoms with Gasteiger partial charge in [-0.1, -0.05) is 0 Å². The predicted octanol–water partition coefficient (Wildman–Crippen LogP) is 1.73. The summed E-state index contributed by atoms with van der Waals surface area (Å²) < 4.78 is 5.34. The van der Waals surface area contributed by atoms with Crippen LogP contribution in [0.3, 0.4) is 0 Å². The molecule has 7 nitrogen and oxygen atoms in total. The van der Waals surface area contributed by atoms with Gasteiger partial charge in [-0.3, -0.25) is 9.59 Å². The minimum absolute atomic E-state index is 0.0215. The average Bonchev–Trinajstić information content (AvgIpc) is 2.62. The maximum absolute atomic E-state index is 12.9. The van der Waals surface area contributed by atoms with Crippen molar-refractivity contribution in [3.05, 3.63) is 36.2 Å². The minimum atomic E-state index is -0.923. The van der Waals surface area contributed by atoms with Crippen LogP contribution in [0.25, 0.3) is 11.0 Å². The van der Waals surface area contributed by atoms with Crippen LogP contribution in [-0.4, -0.2) is 57.7 Å². The van der Waals surface area contributed by atoms with Crippen molar-refractivity contribution in [1.82, 2.24) is 14.9 Å². The van der Waals surface area contributed by atoms with E-state index in [0.29, 0.717) is 31.7 Å². The molecular formula is C17H19N3O4. The number of ether oxygens (including phenoxy) is 1. The molecule has 7 heteroatoms. The molecule has 0 atom stereocenters. The van der Waals surface area contributed by atoms with Gasteiger partial charge in [0.2, 0.25) is 0 Å². The van der Waals surface area contributed by atoms with E-state index in [4.69, 9.17) is 9.84 Å². The molecule has 0 aliphatic carbocycles. The van der Waals surface area contributed by atoms with Gasteiger partial charge in [-0.2, -0.15) is 0 Å². The highest BCUT2D eigenvalue weighted by Crippen LogP contribution is 2.18. The lowest BCUT2D eigenvalue weighted by atomic mass is 10.1. The Bertz CT molecular complexity index is 743. The van der Waals surface area contributed by atoms with Crippen LogP contribution in [0.1, 0.15) is 29.8 Å². The second-order valence-corrected chi connectivity index (χ2v) is 5.73. The van der Waals surface area contributed by atoms with Crippen LogP contribution in [0.5, 0.6) is 0 Å². The van der Waals surface area contributed by atoms with Gasteiger partial charge in [0.15, 0.2) is 5.65 Å². The number of hydrogen-bond acceptors (Lipinski definition) is 5. The highest BCUT2D eigenvalue weighted by molar-refractivity contribution is 5.94. The molecule has 1 fully saturated rings. The Balaban J connectivity index is 1.86. The number of aromatic nitrogens is 2. The Morgan fingerprint density at radius 3 is 2.79 bits per heavy atom. The monoisotopic (exact) mass is 329 g/mol. The molecule has 0 unspecified atom stereocenters. The van der Waals surface area contributed by atoms with Gasteiger partial charge in [0.25, 0.3) is 5.91 Å². The number of carbonyl (C=O) groups is 2. The Morgan fingerprint density at radius 1 is 1.25 bits per heavy atom. The van der Waals surface area contributed by atoms with Crippen LogP contribution >= 0.6 is 0 Å². The first kappa shape index (κ1) is 16.3. The lowest BCUT2D eigenvalue weighted by Crippen LogP contribution is -2.44. The van der Waals surface area contributed by atoms with Crippen LogP contribution < -0.4 is 0 Å². The standard InChI is InChI=1S/C17H19N3O4/c21-15(22)5-9-20(13-6-10-24-11-7-13)17(23)14-4-3-12-2-1-8-18-16(12)19-14/h1-4,8,13H,5-7,9-11H2,(H,21,22). The summed E-state index contributed by atoms with van der Waals surface area (Å²) >= 11 is 0. The predicted molar refractivity (Wildman–Crippen MR) is 86.7 cm³/mol. The van der Waals surface area contributed by atoms with Crippen LogP contribution in [0.15, 0.2) is 30.5 Å². The van der Waals surface area contributed by atoms with Crippen LogP contribution in [0, 0.1) is 0 Å². The van der Waals surface area contributed by atoms with Gasteiger partial charge in [-0.25, -0.2) is 9.97 Å². The number of nitrogens with zero attached hydrogens (tertiary/aromatic N) is 3. The molecule has 1 N–H and O–H groups in total. The number of fused-ring (bicyclic) bond motifs is 1. The van der Waals surface area contributed by atoms with Crippen LogP contribution in [-0.2, 0) is 9.53 Å². The Kier molecular flexibility index (Phi) is 5.00. The van der Waals surface area contributed by atoms with E-state index in [1.807, 2.05) is 18.2 Å². The Morgan fingerprint density at radius 2 is 2.04 bits per heavy atom. The van der Waals surface area contributed by atoms with E-state index in [2.05, 4.69) is 9.97 Å². The number of carboxylic acids is 1. The van der Waals surface area contributed by atoms with Crippen LogP contribution in [0.2, 0.25) is 0 Å². The number of carbonyl (C=O) groups excluding carboxylic acids is 1. The number of rotatable bonds is 5. The highest BCUT2D eigenvalue weighted by Gasteiger charge is 2.27. The first-order chi connectivity index (χ1) is 11.6. The minimum Gasteiger partial charge on any atom is -0.481 e. The van der Waals surface area contributed by atoms with E-state index < -0.39 is 5.97 Å². The SMILES string of the molecule is O=C(O)CCN(C(=O)c1ccc2cccnc2n1)C1CCOCC1. The summed E-state index contributed by atoms with van der Waals surface area (Å²) in [6.45, 7) is 1.32. The molecule has 1 aliphatic rings. The maximum Gasteiger partial charge on any atom is 0.305 e. The fourth-order valence-electron chi connectivity index (χ4n) is 2.88. The molecular weight excluding hydrogens is 310 g/mol. The summed E-state index contributed by atoms with van der Waals surface area (Å²) in [6, 6.07) is 7.14. The molecule has 3 heterocycles. The first-order valence-corrected chi connectivity index (χ1v) is 7.97. The zero-order valence-corrected chi connectivity index (χ0v) is 13.2. The number of amides is 1. The molecule has 0 aromatic carbocycles. The van der Waals surface area contributed by atoms with Gasteiger partial charge in [0.05, 0.1) is 6.42 Å². The number of hydrogen-bond donors (Lipinski definition) is 1. The molecule has 1 saturated heterocycles. The first-order valence-electron chi connectivity index (χ1n) is 7.97. The molecule has 0 spiro atoms. The van der Waals surface area contributed by atoms with Gasteiger partial charge in [0.1, 0.15) is 5.69 Å².